The van der Waals surface area contributed by atoms with E-state index < -0.39 is 41.4 Å². The molecule has 0 radical (unpaired) electrons. The number of imidazole rings is 2. The Labute approximate surface area is 426 Å². The van der Waals surface area contributed by atoms with Gasteiger partial charge in [-0.1, -0.05) is 23.2 Å². The van der Waals surface area contributed by atoms with E-state index in [9.17, 15) is 35.1 Å². The van der Waals surface area contributed by atoms with Crippen LogP contribution < -0.4 is 30.3 Å². The van der Waals surface area contributed by atoms with E-state index >= 15 is 0 Å². The Balaban J connectivity index is 0.000000163. The van der Waals surface area contributed by atoms with Gasteiger partial charge in [0.2, 0.25) is 11.2 Å². The summed E-state index contributed by atoms with van der Waals surface area (Å²) in [5.74, 6) is 0.573. The second-order valence-corrected chi connectivity index (χ2v) is 17.6. The molecule has 4 aromatic carbocycles. The Morgan fingerprint density at radius 2 is 1.10 bits per heavy atom. The first-order valence-corrected chi connectivity index (χ1v) is 22.6. The molecule has 14 nitrogen and oxygen atoms in total. The highest BCUT2D eigenvalue weighted by Gasteiger charge is 2.40. The average molecular weight is 1070 g/mol. The van der Waals surface area contributed by atoms with E-state index in [2.05, 4.69) is 35.2 Å². The number of nitrogens with two attached hydrogens (primary N) is 1. The maximum Gasteiger partial charge on any atom is 0.416 e. The quantitative estimate of drug-likeness (QED) is 0.0927. The third-order valence-electron chi connectivity index (χ3n) is 11.4. The van der Waals surface area contributed by atoms with Crippen LogP contribution in [0.3, 0.4) is 0 Å². The molecule has 8 aromatic rings. The van der Waals surface area contributed by atoms with Crippen LogP contribution >= 0.6 is 34.8 Å². The van der Waals surface area contributed by atoms with Crippen molar-refractivity contribution in [1.29, 1.82) is 0 Å². The number of rotatable bonds is 6. The fourth-order valence-corrected chi connectivity index (χ4v) is 8.31. The number of likely N-dealkylation sites (N-methyl/N-ethyl adjacent to an activating group) is 2. The Bertz CT molecular complexity index is 3300. The third kappa shape index (κ3) is 11.8. The molecule has 0 amide bonds. The molecule has 0 aliphatic carbocycles. The topological polar surface area (TPSA) is 150 Å². The minimum absolute atomic E-state index is 0.0118. The number of anilines is 5. The van der Waals surface area contributed by atoms with Crippen molar-refractivity contribution in [2.45, 2.75) is 38.3 Å². The summed E-state index contributed by atoms with van der Waals surface area (Å²) in [6, 6.07) is 14.5. The summed E-state index contributed by atoms with van der Waals surface area (Å²) < 4.78 is 123. The maximum absolute atomic E-state index is 14.7. The van der Waals surface area contributed by atoms with Crippen LogP contribution in [-0.4, -0.2) is 66.3 Å². The van der Waals surface area contributed by atoms with E-state index in [0.717, 1.165) is 23.5 Å². The molecule has 10 rings (SSSR count). The van der Waals surface area contributed by atoms with Gasteiger partial charge in [0.25, 0.3) is 0 Å². The van der Waals surface area contributed by atoms with Gasteiger partial charge in [0.15, 0.2) is 23.1 Å². The number of nitrogen functional groups attached to an aromatic ring is 1. The van der Waals surface area contributed by atoms with Gasteiger partial charge < -0.3 is 39.5 Å². The Hall–Kier alpha value is -7.43. The molecule has 3 N–H and O–H groups in total. The van der Waals surface area contributed by atoms with Crippen LogP contribution in [0.2, 0.25) is 15.3 Å². The molecule has 0 fully saturated rings. The predicted octanol–water partition coefficient (Wildman–Crippen LogP) is 12.4. The molecule has 380 valence electrons. The Morgan fingerprint density at radius 3 is 1.56 bits per heavy atom. The van der Waals surface area contributed by atoms with Crippen molar-refractivity contribution in [2.24, 2.45) is 0 Å². The smallest absolute Gasteiger partial charge is 0.416 e. The van der Waals surface area contributed by atoms with Gasteiger partial charge in [-0.15, -0.1) is 0 Å². The summed E-state index contributed by atoms with van der Waals surface area (Å²) in [7, 11) is 3.24. The van der Waals surface area contributed by atoms with Crippen LogP contribution in [0.15, 0.2) is 110 Å². The third-order valence-corrected chi connectivity index (χ3v) is 12.0. The molecule has 2 unspecified atom stereocenters. The highest BCUT2D eigenvalue weighted by Crippen LogP contribution is 2.44. The number of hydrogen-bond donors (Lipinski definition) is 2. The number of benzene rings is 4. The fraction of sp³-hybridized carbons (Fsp3) is 0.208. The van der Waals surface area contributed by atoms with Crippen LogP contribution in [0.25, 0.3) is 11.4 Å². The lowest BCUT2D eigenvalue weighted by Gasteiger charge is -2.36. The van der Waals surface area contributed by atoms with Crippen LogP contribution in [0.4, 0.5) is 64.1 Å². The number of ether oxygens (including phenoxy) is 2. The molecule has 0 spiro atoms. The highest BCUT2D eigenvalue weighted by atomic mass is 35.5. The van der Waals surface area contributed by atoms with E-state index in [1.54, 1.807) is 82.9 Å². The average Bonchev–Trinajstić information content (AvgIpc) is 3.96. The molecule has 0 bridgehead atoms. The maximum atomic E-state index is 14.7. The molecule has 25 heteroatoms. The first-order chi connectivity index (χ1) is 34.5. The lowest BCUT2D eigenvalue weighted by molar-refractivity contribution is -0.139. The molecular formula is C48H39Cl3F8N12O2. The number of nitrogens with one attached hydrogen (secondary N) is 1. The molecule has 4 aromatic heterocycles. The SMILES string of the molecule is CN1c2nc(Cl)ncc2OCC1c1cc(Cl)ccc1C(F)(F)F.Cc1cn(-c2ccc(N)cc2F)cn1.Cc1cn(-c2ccc(Nc3ncc4c(n3)N(C)C(c3cc(Cl)ccc3C(F)(F)F)CO4)cc2F)cn1. The summed E-state index contributed by atoms with van der Waals surface area (Å²) in [4.78, 5) is 27.7. The Kier molecular flexibility index (Phi) is 14.9. The number of fused-ring (bicyclic) bond motifs is 2. The van der Waals surface area contributed by atoms with Gasteiger partial charge in [-0.3, -0.25) is 0 Å². The standard InChI is InChI=1S/C24H19ClF4N6O.C14H10Cl2F3N3O.C10H10FN3/c1-13-10-35(12-31-13)19-6-4-15(8-18(19)26)32-23-30-9-21-22(33-23)34(2)20(11-36-21)16-7-14(25)3-5-17(16)24(27,28)29;1-22-10(6-23-11-5-20-13(16)21-12(11)22)8-4-7(15)2-3-9(8)14(17,18)19;1-7-5-14(6-13-7)10-3-2-8(12)4-9(10)11/h3-10,12,20H,11H2,1-2H3,(H,30,32,33);2-5,10H,6H2,1H3;2-6H,12H2,1H3. The first kappa shape index (κ1) is 51.9. The van der Waals surface area contributed by atoms with Crippen LogP contribution in [-0.2, 0) is 12.4 Å². The van der Waals surface area contributed by atoms with Gasteiger partial charge in [0.05, 0.1) is 71.0 Å². The van der Waals surface area contributed by atoms with E-state index in [4.69, 9.17) is 50.0 Å². The van der Waals surface area contributed by atoms with Gasteiger partial charge in [0, 0.05) is 47.9 Å². The van der Waals surface area contributed by atoms with Gasteiger partial charge in [-0.05, 0) is 109 Å². The van der Waals surface area contributed by atoms with E-state index in [1.807, 2.05) is 6.92 Å². The van der Waals surface area contributed by atoms with E-state index in [0.29, 0.717) is 40.1 Å². The minimum Gasteiger partial charge on any atom is -0.486 e. The zero-order valence-electron chi connectivity index (χ0n) is 38.5. The number of hydrogen-bond acceptors (Lipinski definition) is 12. The minimum atomic E-state index is -4.56. The number of halogens is 11. The highest BCUT2D eigenvalue weighted by molar-refractivity contribution is 6.31. The molecule has 2 aliphatic rings. The normalized spacial score (nSPS) is 15.2. The van der Waals surface area contributed by atoms with Gasteiger partial charge in [-0.25, -0.2) is 28.7 Å². The first-order valence-electron chi connectivity index (χ1n) is 21.5. The summed E-state index contributed by atoms with van der Waals surface area (Å²) in [6.45, 7) is 3.62. The summed E-state index contributed by atoms with van der Waals surface area (Å²) in [5.41, 5.74) is 7.08. The zero-order chi connectivity index (χ0) is 52.5. The van der Waals surface area contributed by atoms with Gasteiger partial charge in [0.1, 0.15) is 24.8 Å². The van der Waals surface area contributed by atoms with Gasteiger partial charge >= 0.3 is 12.4 Å². The van der Waals surface area contributed by atoms with Crippen molar-refractivity contribution in [1.82, 2.24) is 39.0 Å². The monoisotopic (exact) mass is 1070 g/mol. The number of aryl methyl sites for hydroxylation is 2. The number of aromatic nitrogens is 8. The Morgan fingerprint density at radius 1 is 0.616 bits per heavy atom. The molecule has 2 aliphatic heterocycles. The lowest BCUT2D eigenvalue weighted by Crippen LogP contribution is -2.35. The van der Waals surface area contributed by atoms with Crippen molar-refractivity contribution < 1.29 is 44.6 Å². The molecule has 2 atom stereocenters. The fourth-order valence-electron chi connectivity index (χ4n) is 7.82. The molecule has 0 saturated heterocycles. The molecule has 73 heavy (non-hydrogen) atoms. The van der Waals surface area contributed by atoms with Crippen molar-refractivity contribution >= 4 is 63.8 Å². The summed E-state index contributed by atoms with van der Waals surface area (Å²) in [6.07, 6.45) is 0.297. The van der Waals surface area contributed by atoms with Crippen LogP contribution in [0.1, 0.15) is 45.7 Å². The van der Waals surface area contributed by atoms with Crippen molar-refractivity contribution in [2.75, 3.05) is 48.2 Å². The van der Waals surface area contributed by atoms with Crippen LogP contribution in [0, 0.1) is 25.5 Å². The lowest BCUT2D eigenvalue weighted by atomic mass is 9.98. The van der Waals surface area contributed by atoms with Crippen molar-refractivity contribution in [3.8, 4) is 22.9 Å². The van der Waals surface area contributed by atoms with Crippen LogP contribution in [0.5, 0.6) is 11.5 Å². The van der Waals surface area contributed by atoms with E-state index in [1.165, 1.54) is 55.1 Å². The molecular weight excluding hydrogens is 1030 g/mol. The summed E-state index contributed by atoms with van der Waals surface area (Å²) in [5, 5.41) is 3.31. The summed E-state index contributed by atoms with van der Waals surface area (Å²) >= 11 is 17.7. The molecule has 0 saturated carbocycles. The second kappa shape index (κ2) is 21.0. The number of nitrogens with zero attached hydrogens (tertiary/aromatic N) is 10. The van der Waals surface area contributed by atoms with Crippen molar-refractivity contribution in [3.05, 3.63) is 171 Å². The second-order valence-electron chi connectivity index (χ2n) is 16.4. The zero-order valence-corrected chi connectivity index (χ0v) is 40.8. The largest absolute Gasteiger partial charge is 0.486 e. The van der Waals surface area contributed by atoms with Gasteiger partial charge in [-0.2, -0.15) is 36.3 Å². The van der Waals surface area contributed by atoms with Crippen molar-refractivity contribution in [3.63, 3.8) is 0 Å². The molecule has 6 heterocycles. The van der Waals surface area contributed by atoms with E-state index in [-0.39, 0.29) is 57.3 Å². The number of alkyl halides is 6. The predicted molar refractivity (Wildman–Crippen MR) is 259 cm³/mol.